The number of aliphatic hydroxyl groups excluding tert-OH is 1. The van der Waals surface area contributed by atoms with Crippen LogP contribution in [0, 0.1) is 0 Å². The molecule has 0 aromatic heterocycles. The first kappa shape index (κ1) is 30.6. The summed E-state index contributed by atoms with van der Waals surface area (Å²) in [6, 6.07) is 21.6. The van der Waals surface area contributed by atoms with E-state index >= 15 is 0 Å². The maximum atomic E-state index is 12.6. The quantitative estimate of drug-likeness (QED) is 0.215. The molecule has 1 atom stereocenters. The predicted molar refractivity (Wildman–Crippen MR) is 154 cm³/mol. The van der Waals surface area contributed by atoms with E-state index in [4.69, 9.17) is 4.74 Å². The van der Waals surface area contributed by atoms with E-state index in [1.807, 2.05) is 42.0 Å². The van der Waals surface area contributed by atoms with Gasteiger partial charge in [0.2, 0.25) is 10.0 Å². The van der Waals surface area contributed by atoms with Crippen molar-refractivity contribution in [3.05, 3.63) is 89.5 Å². The molecule has 0 saturated carbocycles. The van der Waals surface area contributed by atoms with Gasteiger partial charge in [-0.05, 0) is 47.7 Å². The van der Waals surface area contributed by atoms with Crippen LogP contribution in [0.3, 0.4) is 0 Å². The summed E-state index contributed by atoms with van der Waals surface area (Å²) in [6.45, 7) is 3.45. The number of aliphatic hydroxyl groups is 1. The molecular weight excluding hydrogens is 534 g/mol. The van der Waals surface area contributed by atoms with Crippen LogP contribution in [0.25, 0.3) is 11.1 Å². The number of carbonyl (C=O) groups excluding carboxylic acids is 1. The number of hydrogen-bond donors (Lipinski definition) is 4. The van der Waals surface area contributed by atoms with Crippen molar-refractivity contribution in [1.29, 1.82) is 0 Å². The molecule has 3 aromatic rings. The molecule has 11 heteroatoms. The van der Waals surface area contributed by atoms with Gasteiger partial charge in [0, 0.05) is 25.4 Å². The Hall–Kier alpha value is -3.93. The zero-order valence-electron chi connectivity index (χ0n) is 22.5. The summed E-state index contributed by atoms with van der Waals surface area (Å²) in [7, 11) is -3.73. The van der Waals surface area contributed by atoms with Gasteiger partial charge >= 0.3 is 6.09 Å². The first-order chi connectivity index (χ1) is 19.1. The Morgan fingerprint density at radius 2 is 1.68 bits per heavy atom. The summed E-state index contributed by atoms with van der Waals surface area (Å²) in [5, 5.41) is 23.2. The summed E-state index contributed by atoms with van der Waals surface area (Å²) >= 11 is 0. The molecule has 2 amide bonds. The minimum Gasteiger partial charge on any atom is -0.465 e. The van der Waals surface area contributed by atoms with E-state index in [2.05, 4.69) is 5.32 Å². The maximum Gasteiger partial charge on any atom is 0.407 e. The van der Waals surface area contributed by atoms with Crippen molar-refractivity contribution in [3.8, 4) is 11.1 Å². The summed E-state index contributed by atoms with van der Waals surface area (Å²) in [5.41, 5.74) is 3.90. The highest BCUT2D eigenvalue weighted by Gasteiger charge is 2.19. The fraction of sp³-hybridized carbons (Fsp3) is 0.310. The molecule has 3 rings (SSSR count). The third kappa shape index (κ3) is 9.37. The highest BCUT2D eigenvalue weighted by molar-refractivity contribution is 7.89. The number of carboxylic acid groups (broad SMARTS) is 1. The fourth-order valence-corrected chi connectivity index (χ4v) is 4.52. The minimum atomic E-state index is -3.73. The van der Waals surface area contributed by atoms with E-state index in [9.17, 15) is 28.2 Å². The van der Waals surface area contributed by atoms with Crippen molar-refractivity contribution in [3.63, 3.8) is 0 Å². The van der Waals surface area contributed by atoms with E-state index in [0.29, 0.717) is 37.4 Å². The van der Waals surface area contributed by atoms with Gasteiger partial charge in [-0.1, -0.05) is 60.7 Å². The van der Waals surface area contributed by atoms with Crippen LogP contribution >= 0.6 is 0 Å². The first-order valence-corrected chi connectivity index (χ1v) is 14.7. The molecule has 40 heavy (non-hydrogen) atoms. The lowest BCUT2D eigenvalue weighted by molar-refractivity contribution is 0.0972. The van der Waals surface area contributed by atoms with Gasteiger partial charge in [0.25, 0.3) is 5.91 Å². The van der Waals surface area contributed by atoms with Crippen molar-refractivity contribution in [1.82, 2.24) is 9.62 Å². The second-order valence-corrected chi connectivity index (χ2v) is 10.9. The van der Waals surface area contributed by atoms with E-state index in [-0.39, 0.29) is 18.7 Å². The average molecular weight is 570 g/mol. The molecule has 10 nitrogen and oxygen atoms in total. The van der Waals surface area contributed by atoms with E-state index < -0.39 is 28.1 Å². The second-order valence-electron chi connectivity index (χ2n) is 9.19. The van der Waals surface area contributed by atoms with Crippen LogP contribution in [0.4, 0.5) is 10.5 Å². The summed E-state index contributed by atoms with van der Waals surface area (Å²) in [5.74, 6) is -0.733. The standard InChI is InChI=1S/C29H35N3O7S/c1-3-39-18-16-30-26-19-24(13-14-25(26)28(34)31-40(2,37)38)22-11-9-21(10-12-22)15-17-32(29(35)36)20-27(33)23-7-5-4-6-8-23/h4-14,19,27,30,33H,3,15-18,20H2,1-2H3,(H,31,34)(H,35,36)/t27-/m1/s1. The number of ether oxygens (including phenoxy) is 1. The van der Waals surface area contributed by atoms with Gasteiger partial charge < -0.3 is 25.2 Å². The summed E-state index contributed by atoms with van der Waals surface area (Å²) in [6.07, 6.45) is -0.637. The van der Waals surface area contributed by atoms with E-state index in [1.54, 1.807) is 42.5 Å². The van der Waals surface area contributed by atoms with Crippen LogP contribution in [0.5, 0.6) is 0 Å². The lowest BCUT2D eigenvalue weighted by Gasteiger charge is -2.22. The first-order valence-electron chi connectivity index (χ1n) is 12.9. The molecule has 0 spiro atoms. The van der Waals surface area contributed by atoms with Crippen LogP contribution in [-0.2, 0) is 21.2 Å². The Balaban J connectivity index is 1.71. The van der Waals surface area contributed by atoms with Gasteiger partial charge in [0.15, 0.2) is 0 Å². The van der Waals surface area contributed by atoms with E-state index in [0.717, 1.165) is 22.9 Å². The molecule has 0 fully saturated rings. The van der Waals surface area contributed by atoms with Gasteiger partial charge in [0.05, 0.1) is 31.1 Å². The highest BCUT2D eigenvalue weighted by atomic mass is 32.2. The van der Waals surface area contributed by atoms with Crippen LogP contribution in [0.15, 0.2) is 72.8 Å². The number of sulfonamides is 1. The number of hydrogen-bond acceptors (Lipinski definition) is 7. The molecule has 0 saturated heterocycles. The van der Waals surface area contributed by atoms with Crippen molar-refractivity contribution >= 4 is 27.7 Å². The number of carbonyl (C=O) groups is 2. The van der Waals surface area contributed by atoms with Crippen molar-refractivity contribution < 1.29 is 33.0 Å². The van der Waals surface area contributed by atoms with Crippen LogP contribution in [0.2, 0.25) is 0 Å². The second kappa shape index (κ2) is 14.5. The molecule has 0 radical (unpaired) electrons. The number of rotatable bonds is 14. The number of benzene rings is 3. The molecule has 214 valence electrons. The highest BCUT2D eigenvalue weighted by Crippen LogP contribution is 2.27. The lowest BCUT2D eigenvalue weighted by Crippen LogP contribution is -2.35. The Kier molecular flexibility index (Phi) is 11.1. The van der Waals surface area contributed by atoms with Crippen molar-refractivity contribution in [2.45, 2.75) is 19.4 Å². The monoisotopic (exact) mass is 569 g/mol. The van der Waals surface area contributed by atoms with Gasteiger partial charge in [0.1, 0.15) is 0 Å². The molecule has 0 unspecified atom stereocenters. The summed E-state index contributed by atoms with van der Waals surface area (Å²) < 4.78 is 30.5. The van der Waals surface area contributed by atoms with Gasteiger partial charge in [-0.2, -0.15) is 0 Å². The number of amides is 2. The molecule has 0 aliphatic carbocycles. The number of nitrogens with zero attached hydrogens (tertiary/aromatic N) is 1. The van der Waals surface area contributed by atoms with Crippen molar-refractivity contribution in [2.24, 2.45) is 0 Å². The maximum absolute atomic E-state index is 12.6. The van der Waals surface area contributed by atoms with Crippen LogP contribution in [-0.4, -0.2) is 74.6 Å². The number of anilines is 1. The van der Waals surface area contributed by atoms with Crippen molar-refractivity contribution in [2.75, 3.05) is 44.4 Å². The zero-order chi connectivity index (χ0) is 29.1. The van der Waals surface area contributed by atoms with Gasteiger partial charge in [-0.15, -0.1) is 0 Å². The third-order valence-corrected chi connectivity index (χ3v) is 6.67. The lowest BCUT2D eigenvalue weighted by atomic mass is 10.00. The molecule has 0 bridgehead atoms. The Morgan fingerprint density at radius 1 is 1.00 bits per heavy atom. The van der Waals surface area contributed by atoms with Gasteiger partial charge in [-0.25, -0.2) is 17.9 Å². The Bertz CT molecular complexity index is 1380. The third-order valence-electron chi connectivity index (χ3n) is 6.11. The van der Waals surface area contributed by atoms with Crippen LogP contribution < -0.4 is 10.0 Å². The molecule has 0 aliphatic heterocycles. The summed E-state index contributed by atoms with van der Waals surface area (Å²) in [4.78, 5) is 25.5. The minimum absolute atomic E-state index is 0.0320. The van der Waals surface area contributed by atoms with Crippen LogP contribution in [0.1, 0.15) is 34.5 Å². The zero-order valence-corrected chi connectivity index (χ0v) is 23.4. The average Bonchev–Trinajstić information content (AvgIpc) is 2.93. The fourth-order valence-electron chi connectivity index (χ4n) is 4.08. The normalized spacial score (nSPS) is 12.0. The SMILES string of the molecule is CCOCCNc1cc(-c2ccc(CCN(C[C@@H](O)c3ccccc3)C(=O)O)cc2)ccc1C(=O)NS(C)(=O)=O. The molecule has 0 aliphatic rings. The molecular formula is C29H35N3O7S. The topological polar surface area (TPSA) is 145 Å². The van der Waals surface area contributed by atoms with Gasteiger partial charge in [-0.3, -0.25) is 4.79 Å². The Morgan fingerprint density at radius 3 is 2.30 bits per heavy atom. The van der Waals surface area contributed by atoms with E-state index in [1.165, 1.54) is 4.90 Å². The molecule has 3 aromatic carbocycles. The number of nitrogens with one attached hydrogen (secondary N) is 2. The smallest absolute Gasteiger partial charge is 0.407 e. The molecule has 0 heterocycles. The molecule has 4 N–H and O–H groups in total. The Labute approximate surface area is 234 Å². The largest absolute Gasteiger partial charge is 0.465 e. The predicted octanol–water partition coefficient (Wildman–Crippen LogP) is 3.75.